The highest BCUT2D eigenvalue weighted by Gasteiger charge is 2.47. The number of hydrogen-bond donors (Lipinski definition) is 1. The summed E-state index contributed by atoms with van der Waals surface area (Å²) < 4.78 is 15.1. The molecule has 3 aliphatic heterocycles. The van der Waals surface area contributed by atoms with Crippen molar-refractivity contribution < 1.29 is 24.1 Å². The first-order valence-electron chi connectivity index (χ1n) is 13.4. The van der Waals surface area contributed by atoms with Crippen LogP contribution in [0.5, 0.6) is 0 Å². The lowest BCUT2D eigenvalue weighted by Crippen LogP contribution is -2.49. The third kappa shape index (κ3) is 5.41. The monoisotopic (exact) mass is 545 g/mol. The van der Waals surface area contributed by atoms with Crippen molar-refractivity contribution in [2.24, 2.45) is 16.8 Å². The molecule has 1 atom stereocenters. The molecule has 1 aliphatic carbocycles. The molecule has 5 rings (SSSR count). The Bertz CT molecular complexity index is 1150. The van der Waals surface area contributed by atoms with Gasteiger partial charge in [0.2, 0.25) is 0 Å². The van der Waals surface area contributed by atoms with Gasteiger partial charge in [0.05, 0.1) is 16.7 Å². The minimum absolute atomic E-state index is 0. The molecule has 3 N–H and O–H groups in total. The van der Waals surface area contributed by atoms with E-state index in [2.05, 4.69) is 12.2 Å². The van der Waals surface area contributed by atoms with E-state index in [9.17, 15) is 18.6 Å². The Balaban J connectivity index is 0.00000336. The second-order valence-electron chi connectivity index (χ2n) is 11.1. The fourth-order valence-corrected chi connectivity index (χ4v) is 7.21. The number of aliphatic imine (C=N–C) groups is 1. The standard InChI is InChI=1S/C27H37N5O4S.H2O/c1-18-4-6-21(7-5-18)24-28-25(34)27(29-24)11-13-31(14-12-27)37(36)15-10-20-8-9-22(16-19(20)2)32-23(33)17-30(3)26(32)35;/h8-9,16,18,21H,4-7,10-15,17H2,1-3H3,(H,28,29,34);1H2. The number of amidine groups is 1. The number of urea groups is 1. The molecule has 1 spiro atoms. The number of benzene rings is 1. The highest BCUT2D eigenvalue weighted by molar-refractivity contribution is 7.82. The number of nitrogens with zero attached hydrogens (tertiary/aromatic N) is 4. The van der Waals surface area contributed by atoms with E-state index in [0.29, 0.717) is 49.7 Å². The summed E-state index contributed by atoms with van der Waals surface area (Å²) >= 11 is 0. The molecule has 2 saturated heterocycles. The predicted molar refractivity (Wildman–Crippen MR) is 147 cm³/mol. The lowest BCUT2D eigenvalue weighted by atomic mass is 9.82. The molecule has 208 valence electrons. The van der Waals surface area contributed by atoms with Gasteiger partial charge in [-0.15, -0.1) is 0 Å². The molecule has 0 aromatic heterocycles. The largest absolute Gasteiger partial charge is 0.412 e. The highest BCUT2D eigenvalue weighted by Crippen LogP contribution is 2.35. The quantitative estimate of drug-likeness (QED) is 0.547. The van der Waals surface area contributed by atoms with Crippen LogP contribution in [0.3, 0.4) is 0 Å². The Kier molecular flexibility index (Phi) is 8.39. The van der Waals surface area contributed by atoms with Gasteiger partial charge < -0.3 is 15.7 Å². The first-order chi connectivity index (χ1) is 17.7. The number of rotatable bonds is 6. The van der Waals surface area contributed by atoms with E-state index in [1.165, 1.54) is 22.6 Å². The summed E-state index contributed by atoms with van der Waals surface area (Å²) in [6.45, 7) is 5.50. The Morgan fingerprint density at radius 2 is 1.79 bits per heavy atom. The molecule has 0 bridgehead atoms. The molecular formula is C27H39N5O5S. The zero-order chi connectivity index (χ0) is 26.3. The van der Waals surface area contributed by atoms with E-state index in [-0.39, 0.29) is 29.9 Å². The fourth-order valence-electron chi connectivity index (χ4n) is 5.97. The molecule has 1 aromatic rings. The van der Waals surface area contributed by atoms with Crippen LogP contribution < -0.4 is 10.2 Å². The van der Waals surface area contributed by atoms with Crippen LogP contribution in [-0.4, -0.2) is 80.5 Å². The van der Waals surface area contributed by atoms with E-state index in [4.69, 9.17) is 4.99 Å². The maximum absolute atomic E-state index is 13.1. The van der Waals surface area contributed by atoms with Crippen molar-refractivity contribution >= 4 is 40.4 Å². The van der Waals surface area contributed by atoms with Crippen LogP contribution in [0.1, 0.15) is 56.6 Å². The number of piperidine rings is 1. The van der Waals surface area contributed by atoms with Crippen LogP contribution in [-0.2, 0) is 27.0 Å². The second-order valence-corrected chi connectivity index (χ2v) is 12.7. The van der Waals surface area contributed by atoms with Gasteiger partial charge in [-0.2, -0.15) is 0 Å². The number of amides is 4. The van der Waals surface area contributed by atoms with Crippen molar-refractivity contribution in [2.45, 2.75) is 64.3 Å². The van der Waals surface area contributed by atoms with Gasteiger partial charge in [0.15, 0.2) is 0 Å². The number of likely N-dealkylation sites (N-methyl/N-ethyl adjacent to an activating group) is 1. The highest BCUT2D eigenvalue weighted by atomic mass is 32.2. The van der Waals surface area contributed by atoms with E-state index in [1.807, 2.05) is 23.4 Å². The van der Waals surface area contributed by atoms with Crippen molar-refractivity contribution in [3.05, 3.63) is 29.3 Å². The van der Waals surface area contributed by atoms with Crippen LogP contribution >= 0.6 is 0 Å². The maximum atomic E-state index is 13.1. The van der Waals surface area contributed by atoms with Gasteiger partial charge in [-0.25, -0.2) is 18.2 Å². The molecule has 3 fully saturated rings. The molecular weight excluding hydrogens is 506 g/mol. The van der Waals surface area contributed by atoms with Gasteiger partial charge >= 0.3 is 6.03 Å². The average Bonchev–Trinajstić information content (AvgIpc) is 3.32. The van der Waals surface area contributed by atoms with Crippen molar-refractivity contribution in [3.8, 4) is 0 Å². The van der Waals surface area contributed by atoms with Crippen molar-refractivity contribution in [1.29, 1.82) is 0 Å². The number of carbonyl (C=O) groups excluding carboxylic acids is 3. The summed E-state index contributed by atoms with van der Waals surface area (Å²) in [6, 6.07) is 5.23. The van der Waals surface area contributed by atoms with Crippen molar-refractivity contribution in [2.75, 3.05) is 37.3 Å². The minimum atomic E-state index is -1.16. The normalized spacial score (nSPS) is 26.4. The molecule has 0 radical (unpaired) electrons. The molecule has 1 unspecified atom stereocenters. The Morgan fingerprint density at radius 1 is 1.11 bits per heavy atom. The van der Waals surface area contributed by atoms with Gasteiger partial charge in [-0.1, -0.05) is 25.8 Å². The van der Waals surface area contributed by atoms with E-state index in [1.54, 1.807) is 13.1 Å². The summed E-state index contributed by atoms with van der Waals surface area (Å²) in [6.07, 6.45) is 6.38. The predicted octanol–water partition coefficient (Wildman–Crippen LogP) is 1.96. The lowest BCUT2D eigenvalue weighted by Gasteiger charge is -2.34. The minimum Gasteiger partial charge on any atom is -0.412 e. The van der Waals surface area contributed by atoms with E-state index >= 15 is 0 Å². The Morgan fingerprint density at radius 3 is 2.39 bits per heavy atom. The first kappa shape index (κ1) is 28.4. The fraction of sp³-hybridized carbons (Fsp3) is 0.630. The summed E-state index contributed by atoms with van der Waals surface area (Å²) in [7, 11) is 0.456. The summed E-state index contributed by atoms with van der Waals surface area (Å²) in [5.41, 5.74) is 1.89. The smallest absolute Gasteiger partial charge is 0.331 e. The zero-order valence-corrected chi connectivity index (χ0v) is 23.3. The van der Waals surface area contributed by atoms with Crippen LogP contribution in [0.25, 0.3) is 0 Å². The van der Waals surface area contributed by atoms with Crippen LogP contribution in [0, 0.1) is 18.8 Å². The summed E-state index contributed by atoms with van der Waals surface area (Å²) in [5, 5.41) is 3.10. The van der Waals surface area contributed by atoms with Crippen molar-refractivity contribution in [3.63, 3.8) is 0 Å². The number of nitrogens with one attached hydrogen (secondary N) is 1. The number of anilines is 1. The van der Waals surface area contributed by atoms with E-state index in [0.717, 1.165) is 35.7 Å². The van der Waals surface area contributed by atoms with Crippen molar-refractivity contribution in [1.82, 2.24) is 14.5 Å². The molecule has 10 nitrogen and oxygen atoms in total. The first-order valence-corrected chi connectivity index (χ1v) is 14.7. The van der Waals surface area contributed by atoms with Gasteiger partial charge in [0.25, 0.3) is 11.8 Å². The van der Waals surface area contributed by atoms with Crippen LogP contribution in [0.4, 0.5) is 10.5 Å². The van der Waals surface area contributed by atoms with Crippen LogP contribution in [0.2, 0.25) is 0 Å². The second kappa shape index (κ2) is 11.2. The lowest BCUT2D eigenvalue weighted by molar-refractivity contribution is -0.125. The number of hydrogen-bond acceptors (Lipinski definition) is 5. The third-order valence-electron chi connectivity index (χ3n) is 8.51. The molecule has 1 aromatic carbocycles. The van der Waals surface area contributed by atoms with Gasteiger partial charge in [0.1, 0.15) is 17.9 Å². The Labute approximate surface area is 226 Å². The zero-order valence-electron chi connectivity index (χ0n) is 22.5. The topological polar surface area (TPSA) is 134 Å². The van der Waals surface area contributed by atoms with Gasteiger partial charge in [-0.05, 0) is 68.2 Å². The molecule has 38 heavy (non-hydrogen) atoms. The molecule has 4 aliphatic rings. The van der Waals surface area contributed by atoms with Crippen LogP contribution in [0.15, 0.2) is 23.2 Å². The van der Waals surface area contributed by atoms with Gasteiger partial charge in [0, 0.05) is 31.8 Å². The van der Waals surface area contributed by atoms with E-state index < -0.39 is 16.5 Å². The number of carbonyl (C=O) groups is 3. The number of aryl methyl sites for hydroxylation is 2. The number of imide groups is 1. The van der Waals surface area contributed by atoms with Gasteiger partial charge in [-0.3, -0.25) is 14.6 Å². The SMILES string of the molecule is Cc1cc(N2C(=O)CN(C)C2=O)ccc1CCS(=O)N1CCC2(CC1)N=C(C1CCC(C)CC1)NC2=O.O. The molecule has 4 amide bonds. The summed E-state index contributed by atoms with van der Waals surface area (Å²) in [5.74, 6) is 2.27. The molecule has 1 saturated carbocycles. The maximum Gasteiger partial charge on any atom is 0.331 e. The Hall–Kier alpha value is -2.63. The average molecular weight is 546 g/mol. The summed E-state index contributed by atoms with van der Waals surface area (Å²) in [4.78, 5) is 44.9. The third-order valence-corrected chi connectivity index (χ3v) is 10.0. The molecule has 11 heteroatoms. The molecule has 3 heterocycles.